The average molecular weight is 235 g/mol. The van der Waals surface area contributed by atoms with E-state index in [0.29, 0.717) is 5.92 Å². The molecular weight excluding hydrogens is 218 g/mol. The van der Waals surface area contributed by atoms with Gasteiger partial charge in [-0.25, -0.2) is 9.50 Å². The van der Waals surface area contributed by atoms with Crippen LogP contribution in [0.1, 0.15) is 49.5 Å². The Labute approximate surface area is 99.5 Å². The molecular formula is C12H17N3S. The van der Waals surface area contributed by atoms with E-state index in [1.807, 2.05) is 0 Å². The highest BCUT2D eigenvalue weighted by atomic mass is 32.1. The molecule has 2 aromatic rings. The maximum atomic E-state index is 4.76. The number of aryl methyl sites for hydroxylation is 1. The minimum Gasteiger partial charge on any atom is -0.222 e. The van der Waals surface area contributed by atoms with Crippen LogP contribution >= 0.6 is 11.3 Å². The molecule has 1 aliphatic carbocycles. The van der Waals surface area contributed by atoms with Crippen molar-refractivity contribution in [1.29, 1.82) is 0 Å². The van der Waals surface area contributed by atoms with Gasteiger partial charge >= 0.3 is 0 Å². The molecule has 0 saturated carbocycles. The fourth-order valence-electron chi connectivity index (χ4n) is 2.70. The molecule has 0 bridgehead atoms. The number of aromatic nitrogens is 3. The minimum atomic E-state index is 0.595. The predicted molar refractivity (Wildman–Crippen MR) is 66.1 cm³/mol. The van der Waals surface area contributed by atoms with Gasteiger partial charge in [0.1, 0.15) is 5.01 Å². The second-order valence-electron chi connectivity index (χ2n) is 4.93. The topological polar surface area (TPSA) is 30.2 Å². The van der Waals surface area contributed by atoms with Gasteiger partial charge in [0.05, 0.1) is 11.4 Å². The van der Waals surface area contributed by atoms with Crippen LogP contribution in [-0.2, 0) is 12.8 Å². The molecule has 2 heterocycles. The second kappa shape index (κ2) is 3.55. The smallest absolute Gasteiger partial charge is 0.212 e. The van der Waals surface area contributed by atoms with Crippen LogP contribution in [0.5, 0.6) is 0 Å². The predicted octanol–water partition coefficient (Wildman–Crippen LogP) is 3.04. The van der Waals surface area contributed by atoms with Crippen LogP contribution in [-0.4, -0.2) is 14.6 Å². The Morgan fingerprint density at radius 3 is 3.00 bits per heavy atom. The Kier molecular flexibility index (Phi) is 2.28. The maximum absolute atomic E-state index is 4.76. The third-order valence-electron chi connectivity index (χ3n) is 3.44. The zero-order valence-electron chi connectivity index (χ0n) is 10.0. The summed E-state index contributed by atoms with van der Waals surface area (Å²) in [4.78, 5) is 5.84. The van der Waals surface area contributed by atoms with E-state index in [4.69, 9.17) is 4.98 Å². The van der Waals surface area contributed by atoms with Gasteiger partial charge in [0.2, 0.25) is 4.96 Å². The van der Waals surface area contributed by atoms with Gasteiger partial charge in [0.15, 0.2) is 0 Å². The van der Waals surface area contributed by atoms with Crippen molar-refractivity contribution in [3.05, 3.63) is 16.4 Å². The molecule has 1 aliphatic rings. The van der Waals surface area contributed by atoms with Crippen LogP contribution < -0.4 is 0 Å². The van der Waals surface area contributed by atoms with Crippen LogP contribution in [0.4, 0.5) is 0 Å². The minimum absolute atomic E-state index is 0.595. The lowest BCUT2D eigenvalue weighted by atomic mass is 9.84. The first-order valence-electron chi connectivity index (χ1n) is 6.06. The summed E-state index contributed by atoms with van der Waals surface area (Å²) in [5.74, 6) is 1.35. The standard InChI is InChI=1S/C12H17N3S/c1-4-10-14-15-9-6-7(2)5-8(3)11(9)13-12(15)16-10/h7-8H,4-6H2,1-3H3. The van der Waals surface area contributed by atoms with Gasteiger partial charge < -0.3 is 0 Å². The zero-order valence-corrected chi connectivity index (χ0v) is 10.8. The molecule has 0 N–H and O–H groups in total. The molecule has 2 aromatic heterocycles. The fourth-order valence-corrected chi connectivity index (χ4v) is 3.56. The molecule has 0 amide bonds. The number of nitrogens with zero attached hydrogens (tertiary/aromatic N) is 3. The van der Waals surface area contributed by atoms with Crippen molar-refractivity contribution in [3.8, 4) is 0 Å². The monoisotopic (exact) mass is 235 g/mol. The number of rotatable bonds is 1. The highest BCUT2D eigenvalue weighted by Gasteiger charge is 2.27. The van der Waals surface area contributed by atoms with Crippen molar-refractivity contribution in [2.75, 3.05) is 0 Å². The fraction of sp³-hybridized carbons (Fsp3) is 0.667. The lowest BCUT2D eigenvalue weighted by Crippen LogP contribution is -2.16. The van der Waals surface area contributed by atoms with Gasteiger partial charge in [-0.15, -0.1) is 0 Å². The number of imidazole rings is 1. The summed E-state index contributed by atoms with van der Waals surface area (Å²) in [6, 6.07) is 0. The molecule has 3 rings (SSSR count). The molecule has 0 spiro atoms. The number of hydrogen-bond acceptors (Lipinski definition) is 3. The Hall–Kier alpha value is -0.900. The van der Waals surface area contributed by atoms with Gasteiger partial charge in [0, 0.05) is 5.92 Å². The summed E-state index contributed by atoms with van der Waals surface area (Å²) < 4.78 is 2.09. The molecule has 0 fully saturated rings. The van der Waals surface area contributed by atoms with Crippen molar-refractivity contribution in [2.24, 2.45) is 5.92 Å². The Bertz CT molecular complexity index is 526. The summed E-state index contributed by atoms with van der Waals surface area (Å²) in [5, 5.41) is 5.84. The first-order valence-corrected chi connectivity index (χ1v) is 6.88. The van der Waals surface area contributed by atoms with E-state index in [0.717, 1.165) is 23.7 Å². The van der Waals surface area contributed by atoms with Crippen LogP contribution in [0.15, 0.2) is 0 Å². The van der Waals surface area contributed by atoms with E-state index in [9.17, 15) is 0 Å². The average Bonchev–Trinajstić information content (AvgIpc) is 2.76. The molecule has 2 atom stereocenters. The molecule has 0 saturated heterocycles. The molecule has 2 unspecified atom stereocenters. The van der Waals surface area contributed by atoms with Crippen LogP contribution in [0.2, 0.25) is 0 Å². The SMILES string of the molecule is CCc1nn2c3c(nc2s1)C(C)CC(C)C3. The summed E-state index contributed by atoms with van der Waals surface area (Å²) in [6.45, 7) is 6.76. The molecule has 16 heavy (non-hydrogen) atoms. The van der Waals surface area contributed by atoms with Gasteiger partial charge in [-0.1, -0.05) is 32.1 Å². The molecule has 3 nitrogen and oxygen atoms in total. The van der Waals surface area contributed by atoms with Crippen LogP contribution in [0.25, 0.3) is 4.96 Å². The lowest BCUT2D eigenvalue weighted by molar-refractivity contribution is 0.435. The zero-order chi connectivity index (χ0) is 11.3. The van der Waals surface area contributed by atoms with Crippen LogP contribution in [0, 0.1) is 5.92 Å². The number of fused-ring (bicyclic) bond motifs is 3. The lowest BCUT2D eigenvalue weighted by Gasteiger charge is -2.22. The first kappa shape index (κ1) is 10.3. The Morgan fingerprint density at radius 2 is 2.25 bits per heavy atom. The van der Waals surface area contributed by atoms with E-state index in [-0.39, 0.29) is 0 Å². The summed E-state index contributed by atoms with van der Waals surface area (Å²) in [5.41, 5.74) is 2.65. The largest absolute Gasteiger partial charge is 0.222 e. The van der Waals surface area contributed by atoms with Gasteiger partial charge in [-0.05, 0) is 25.2 Å². The van der Waals surface area contributed by atoms with Crippen molar-refractivity contribution in [2.45, 2.75) is 46.0 Å². The maximum Gasteiger partial charge on any atom is 0.212 e. The highest BCUT2D eigenvalue weighted by molar-refractivity contribution is 7.16. The first-order chi connectivity index (χ1) is 7.69. The van der Waals surface area contributed by atoms with E-state index in [1.54, 1.807) is 11.3 Å². The van der Waals surface area contributed by atoms with Gasteiger partial charge in [0.25, 0.3) is 0 Å². The molecule has 0 radical (unpaired) electrons. The molecule has 4 heteroatoms. The molecule has 0 aromatic carbocycles. The normalized spacial score (nSPS) is 24.9. The summed E-state index contributed by atoms with van der Waals surface area (Å²) in [7, 11) is 0. The summed E-state index contributed by atoms with van der Waals surface area (Å²) >= 11 is 1.73. The van der Waals surface area contributed by atoms with E-state index in [2.05, 4.69) is 30.4 Å². The van der Waals surface area contributed by atoms with E-state index >= 15 is 0 Å². The van der Waals surface area contributed by atoms with Gasteiger partial charge in [-0.2, -0.15) is 5.10 Å². The van der Waals surface area contributed by atoms with E-state index < -0.39 is 0 Å². The van der Waals surface area contributed by atoms with Crippen molar-refractivity contribution < 1.29 is 0 Å². The number of hydrogen-bond donors (Lipinski definition) is 0. The van der Waals surface area contributed by atoms with Crippen molar-refractivity contribution in [1.82, 2.24) is 14.6 Å². The molecule has 0 aliphatic heterocycles. The third kappa shape index (κ3) is 1.39. The van der Waals surface area contributed by atoms with Crippen molar-refractivity contribution in [3.63, 3.8) is 0 Å². The Morgan fingerprint density at radius 1 is 1.44 bits per heavy atom. The Balaban J connectivity index is 2.18. The van der Waals surface area contributed by atoms with Crippen molar-refractivity contribution >= 4 is 16.3 Å². The third-order valence-corrected chi connectivity index (χ3v) is 4.49. The highest BCUT2D eigenvalue weighted by Crippen LogP contribution is 2.35. The second-order valence-corrected chi connectivity index (χ2v) is 5.97. The van der Waals surface area contributed by atoms with Gasteiger partial charge in [-0.3, -0.25) is 0 Å². The summed E-state index contributed by atoms with van der Waals surface area (Å²) in [6.07, 6.45) is 3.40. The molecule has 86 valence electrons. The van der Waals surface area contributed by atoms with Crippen LogP contribution in [0.3, 0.4) is 0 Å². The quantitative estimate of drug-likeness (QED) is 0.760. The van der Waals surface area contributed by atoms with E-state index in [1.165, 1.54) is 22.8 Å².